The molecule has 2 atom stereocenters. The largest absolute Gasteiger partial charge is 0.543 e. The van der Waals surface area contributed by atoms with E-state index in [0.717, 1.165) is 29.1 Å². The number of rotatable bonds is 13. The maximum absolute atomic E-state index is 13.2. The summed E-state index contributed by atoms with van der Waals surface area (Å²) in [7, 11) is 0. The third kappa shape index (κ3) is 10.2. The molecule has 0 aliphatic carbocycles. The van der Waals surface area contributed by atoms with Crippen molar-refractivity contribution < 1.29 is 66.7 Å². The van der Waals surface area contributed by atoms with Crippen molar-refractivity contribution >= 4 is 69.6 Å². The van der Waals surface area contributed by atoms with Crippen molar-refractivity contribution in [2.75, 3.05) is 18.0 Å². The van der Waals surface area contributed by atoms with Crippen molar-refractivity contribution in [1.82, 2.24) is 20.5 Å². The van der Waals surface area contributed by atoms with Gasteiger partial charge in [0.05, 0.1) is 17.2 Å². The zero-order valence-electron chi connectivity index (χ0n) is 27.1. The normalized spacial score (nSPS) is 17.3. The molecule has 22 heteroatoms. The van der Waals surface area contributed by atoms with Crippen LogP contribution < -0.4 is 26.0 Å². The van der Waals surface area contributed by atoms with Crippen LogP contribution in [0.15, 0.2) is 46.3 Å². The number of hydrogen-bond acceptors (Lipinski definition) is 13. The number of oxime groups is 1. The second-order valence-corrected chi connectivity index (χ2v) is 13.2. The molecule has 1 saturated heterocycles. The molecule has 17 nitrogen and oxygen atoms in total. The third-order valence-corrected chi connectivity index (χ3v) is 8.99. The van der Waals surface area contributed by atoms with Crippen LogP contribution in [0.4, 0.5) is 18.3 Å². The molecule has 0 saturated carbocycles. The number of carbonyl (C=O) groups excluding carboxylic acids is 4. The van der Waals surface area contributed by atoms with Gasteiger partial charge in [0.25, 0.3) is 17.7 Å². The van der Waals surface area contributed by atoms with Crippen LogP contribution in [0.1, 0.15) is 49.7 Å². The Balaban J connectivity index is 0.000000908. The number of aliphatic carboxylic acids is 3. The smallest absolute Gasteiger partial charge is 0.490 e. The number of carbonyl (C=O) groups is 6. The minimum atomic E-state index is -5.08. The summed E-state index contributed by atoms with van der Waals surface area (Å²) in [6.07, 6.45) is 0.0284. The summed E-state index contributed by atoms with van der Waals surface area (Å²) in [5, 5.41) is 38.5. The molecule has 51 heavy (non-hydrogen) atoms. The van der Waals surface area contributed by atoms with Crippen LogP contribution in [0.2, 0.25) is 0 Å². The van der Waals surface area contributed by atoms with Crippen LogP contribution >= 0.6 is 23.1 Å². The van der Waals surface area contributed by atoms with Crippen LogP contribution in [-0.2, 0) is 35.4 Å². The van der Waals surface area contributed by atoms with Crippen molar-refractivity contribution in [3.63, 3.8) is 0 Å². The van der Waals surface area contributed by atoms with Gasteiger partial charge in [-0.1, -0.05) is 18.5 Å². The lowest BCUT2D eigenvalue weighted by Gasteiger charge is -2.50. The quantitative estimate of drug-likeness (QED) is 0.0587. The summed E-state index contributed by atoms with van der Waals surface area (Å²) >= 11 is 2.26. The number of thioether (sulfide) groups is 1. The van der Waals surface area contributed by atoms with Gasteiger partial charge in [0, 0.05) is 35.4 Å². The molecule has 2 aliphatic rings. The number of alkyl halides is 3. The SMILES string of the molecule is CCCCNC(=O)c1cc[n+](CC2=C(C(=O)[O-])N3C(=O)[C@@H](NC(=O)/C(=N\OC(C)(C)C(=O)O)c4csc(N)n4)[C@H]3SC2)cc1.O=C(O)C(F)(F)F. The molecule has 0 unspecified atom stereocenters. The molecule has 0 radical (unpaired) electrons. The second kappa shape index (κ2) is 16.6. The number of carboxylic acids is 3. The molecule has 0 aromatic carbocycles. The number of nitrogen functional groups attached to an aromatic ring is 1. The van der Waals surface area contributed by atoms with E-state index in [0.29, 0.717) is 17.7 Å². The molecule has 4 heterocycles. The Kier molecular flexibility index (Phi) is 13.1. The molecule has 2 aromatic heterocycles. The number of nitrogens with zero attached hydrogens (tertiary/aromatic N) is 4. The van der Waals surface area contributed by atoms with Crippen LogP contribution in [0.3, 0.4) is 0 Å². The van der Waals surface area contributed by atoms with E-state index in [1.807, 2.05) is 6.92 Å². The summed E-state index contributed by atoms with van der Waals surface area (Å²) in [6, 6.07) is 2.13. The lowest BCUT2D eigenvalue weighted by Crippen LogP contribution is -2.71. The van der Waals surface area contributed by atoms with Gasteiger partial charge in [-0.25, -0.2) is 19.1 Å². The van der Waals surface area contributed by atoms with Crippen molar-refractivity contribution in [3.8, 4) is 0 Å². The number of carboxylic acid groups (broad SMARTS) is 3. The minimum Gasteiger partial charge on any atom is -0.543 e. The number of halogens is 3. The van der Waals surface area contributed by atoms with E-state index in [9.17, 15) is 47.4 Å². The molecule has 276 valence electrons. The minimum absolute atomic E-state index is 0.00482. The summed E-state index contributed by atoms with van der Waals surface area (Å²) in [6.45, 7) is 5.19. The second-order valence-electron chi connectivity index (χ2n) is 11.2. The molecule has 4 rings (SSSR count). The van der Waals surface area contributed by atoms with Crippen molar-refractivity contribution in [2.45, 2.75) is 63.4 Å². The van der Waals surface area contributed by atoms with Gasteiger partial charge in [-0.15, -0.1) is 23.1 Å². The number of unbranched alkanes of at least 4 members (excludes halogenated alkanes) is 1. The van der Waals surface area contributed by atoms with E-state index in [4.69, 9.17) is 20.5 Å². The Labute approximate surface area is 295 Å². The summed E-state index contributed by atoms with van der Waals surface area (Å²) < 4.78 is 33.4. The Morgan fingerprint density at radius 2 is 1.80 bits per heavy atom. The average molecular weight is 760 g/mol. The molecular formula is C29H32F3N7O10S2. The monoisotopic (exact) mass is 759 g/mol. The Hall–Kier alpha value is -5.25. The van der Waals surface area contributed by atoms with Gasteiger partial charge in [-0.2, -0.15) is 13.2 Å². The lowest BCUT2D eigenvalue weighted by atomic mass is 10.0. The molecule has 2 aromatic rings. The number of β-lactam (4-membered cyclic amide) rings is 1. The van der Waals surface area contributed by atoms with E-state index in [1.54, 1.807) is 29.1 Å². The first kappa shape index (κ1) is 40.2. The maximum atomic E-state index is 13.2. The van der Waals surface area contributed by atoms with E-state index in [-0.39, 0.29) is 34.7 Å². The number of amides is 3. The zero-order chi connectivity index (χ0) is 38.3. The summed E-state index contributed by atoms with van der Waals surface area (Å²) in [4.78, 5) is 81.4. The highest BCUT2D eigenvalue weighted by Gasteiger charge is 2.53. The van der Waals surface area contributed by atoms with Gasteiger partial charge in [-0.3, -0.25) is 19.3 Å². The topological polar surface area (TPSA) is 258 Å². The van der Waals surface area contributed by atoms with E-state index in [2.05, 4.69) is 20.8 Å². The van der Waals surface area contributed by atoms with E-state index < -0.39 is 58.6 Å². The number of fused-ring (bicyclic) bond motifs is 1. The van der Waals surface area contributed by atoms with Crippen molar-refractivity contribution in [3.05, 3.63) is 52.4 Å². The number of nitrogens with one attached hydrogen (secondary N) is 2. The van der Waals surface area contributed by atoms with E-state index >= 15 is 0 Å². The third-order valence-electron chi connectivity index (χ3n) is 6.97. The number of aromatic nitrogens is 2. The zero-order valence-corrected chi connectivity index (χ0v) is 28.7. The fraction of sp³-hybridized carbons (Fsp3) is 0.414. The molecule has 0 bridgehead atoms. The van der Waals surface area contributed by atoms with Crippen LogP contribution in [0.25, 0.3) is 0 Å². The van der Waals surface area contributed by atoms with Crippen LogP contribution in [-0.4, -0.2) is 96.9 Å². The van der Waals surface area contributed by atoms with Crippen molar-refractivity contribution in [1.29, 1.82) is 0 Å². The maximum Gasteiger partial charge on any atom is 0.490 e. The lowest BCUT2D eigenvalue weighted by molar-refractivity contribution is -0.689. The van der Waals surface area contributed by atoms with Gasteiger partial charge in [0.15, 0.2) is 29.8 Å². The van der Waals surface area contributed by atoms with Crippen LogP contribution in [0.5, 0.6) is 0 Å². The van der Waals surface area contributed by atoms with Crippen LogP contribution in [0, 0.1) is 0 Å². The first-order chi connectivity index (χ1) is 23.8. The highest BCUT2D eigenvalue weighted by atomic mass is 32.2. The predicted molar refractivity (Wildman–Crippen MR) is 170 cm³/mol. The number of nitrogens with two attached hydrogens (primary N) is 1. The number of hydrogen-bond donors (Lipinski definition) is 5. The highest BCUT2D eigenvalue weighted by molar-refractivity contribution is 8.00. The van der Waals surface area contributed by atoms with E-state index in [1.165, 1.54) is 31.0 Å². The summed E-state index contributed by atoms with van der Waals surface area (Å²) in [5.74, 6) is -7.20. The van der Waals surface area contributed by atoms with Gasteiger partial charge in [-0.05, 0) is 20.3 Å². The average Bonchev–Trinajstić information content (AvgIpc) is 3.48. The van der Waals surface area contributed by atoms with Gasteiger partial charge < -0.3 is 41.3 Å². The standard InChI is InChI=1S/C27H31N7O8S2.C2HF3O2/c1-4-5-8-29-20(35)14-6-9-33(10-7-14)11-15-12-43-23-18(22(37)34(23)19(15)24(38)39)31-21(36)17(16-13-44-26(28)30-16)32-42-27(2,3)25(40)41;3-2(4,5)1(6)7/h6-7,9-10,13,18,23H,4-5,8,11-12H2,1-3H3,(H5-,28,29,30,31,35,36,38,39,40,41);(H,6,7)/b32-17-;/t18-,23-;/m1./s1. The van der Waals surface area contributed by atoms with Gasteiger partial charge >= 0.3 is 18.1 Å². The molecule has 0 spiro atoms. The molecule has 1 fully saturated rings. The molecule has 2 aliphatic heterocycles. The molecule has 3 amide bonds. The number of pyridine rings is 1. The fourth-order valence-corrected chi connectivity index (χ4v) is 6.10. The number of thiazole rings is 1. The van der Waals surface area contributed by atoms with Crippen molar-refractivity contribution in [2.24, 2.45) is 5.16 Å². The fourth-order valence-electron chi connectivity index (χ4n) is 4.22. The molecule has 6 N–H and O–H groups in total. The summed E-state index contributed by atoms with van der Waals surface area (Å²) in [5.41, 5.74) is 4.09. The Morgan fingerprint density at radius 3 is 2.31 bits per heavy atom. The molecular weight excluding hydrogens is 727 g/mol. The first-order valence-electron chi connectivity index (χ1n) is 14.8. The number of anilines is 1. The van der Waals surface area contributed by atoms with Gasteiger partial charge in [0.1, 0.15) is 17.1 Å². The highest BCUT2D eigenvalue weighted by Crippen LogP contribution is 2.40. The Bertz CT molecular complexity index is 1750. The Morgan fingerprint density at radius 1 is 1.18 bits per heavy atom. The first-order valence-corrected chi connectivity index (χ1v) is 16.7. The predicted octanol–water partition coefficient (Wildman–Crippen LogP) is -0.136. The van der Waals surface area contributed by atoms with Gasteiger partial charge in [0.2, 0.25) is 5.60 Å².